The number of nitrogen functional groups attached to an aromatic ring is 1. The minimum atomic E-state index is -0.255. The molecule has 2 heterocycles. The predicted octanol–water partition coefficient (Wildman–Crippen LogP) is 1.68. The van der Waals surface area contributed by atoms with Crippen molar-refractivity contribution in [2.24, 2.45) is 7.05 Å². The number of nitrogens with zero attached hydrogens (tertiary/aromatic N) is 3. The lowest BCUT2D eigenvalue weighted by Crippen LogP contribution is -2.26. The molecule has 2 aromatic rings. The van der Waals surface area contributed by atoms with Gasteiger partial charge in [0.1, 0.15) is 10.7 Å². The van der Waals surface area contributed by atoms with Gasteiger partial charge in [0.05, 0.1) is 11.9 Å². The third kappa shape index (κ3) is 2.60. The van der Waals surface area contributed by atoms with Gasteiger partial charge in [-0.3, -0.25) is 9.48 Å². The zero-order valence-corrected chi connectivity index (χ0v) is 11.9. The molecule has 2 aromatic heterocycles. The zero-order valence-electron chi connectivity index (χ0n) is 11.1. The maximum absolute atomic E-state index is 12.1. The van der Waals surface area contributed by atoms with Gasteiger partial charge in [-0.15, -0.1) is 0 Å². The number of amides is 1. The molecule has 0 saturated heterocycles. The summed E-state index contributed by atoms with van der Waals surface area (Å²) in [4.78, 5) is 16.8. The van der Waals surface area contributed by atoms with Crippen molar-refractivity contribution in [3.05, 3.63) is 17.3 Å². The molecule has 1 saturated carbocycles. The van der Waals surface area contributed by atoms with Crippen LogP contribution in [0.4, 0.5) is 16.6 Å². The Balaban J connectivity index is 1.70. The Labute approximate surface area is 120 Å². The van der Waals surface area contributed by atoms with Gasteiger partial charge in [-0.25, -0.2) is 4.98 Å². The van der Waals surface area contributed by atoms with Crippen molar-refractivity contribution in [3.8, 4) is 0 Å². The number of rotatable bonds is 4. The van der Waals surface area contributed by atoms with Gasteiger partial charge in [0.2, 0.25) is 0 Å². The lowest BCUT2D eigenvalue weighted by Gasteiger charge is -2.25. The third-order valence-corrected chi connectivity index (χ3v) is 4.26. The van der Waals surface area contributed by atoms with Crippen LogP contribution in [0.15, 0.2) is 12.4 Å². The van der Waals surface area contributed by atoms with Crippen molar-refractivity contribution in [2.75, 3.05) is 16.4 Å². The van der Waals surface area contributed by atoms with Crippen LogP contribution >= 0.6 is 11.3 Å². The molecular weight excluding hydrogens is 276 g/mol. The van der Waals surface area contributed by atoms with Crippen molar-refractivity contribution in [2.45, 2.75) is 25.3 Å². The summed E-state index contributed by atoms with van der Waals surface area (Å²) in [6.07, 6.45) is 6.85. The van der Waals surface area contributed by atoms with E-state index in [9.17, 15) is 4.79 Å². The van der Waals surface area contributed by atoms with E-state index < -0.39 is 0 Å². The van der Waals surface area contributed by atoms with E-state index in [4.69, 9.17) is 5.73 Å². The summed E-state index contributed by atoms with van der Waals surface area (Å²) >= 11 is 1.28. The molecule has 4 N–H and O–H groups in total. The second kappa shape index (κ2) is 5.12. The smallest absolute Gasteiger partial charge is 0.269 e. The van der Waals surface area contributed by atoms with Crippen LogP contribution in [0.3, 0.4) is 0 Å². The Kier molecular flexibility index (Phi) is 3.31. The van der Waals surface area contributed by atoms with Gasteiger partial charge in [0.15, 0.2) is 5.13 Å². The number of hydrogen-bond donors (Lipinski definition) is 3. The second-order valence-corrected chi connectivity index (χ2v) is 5.86. The van der Waals surface area contributed by atoms with Crippen LogP contribution in [0.2, 0.25) is 0 Å². The van der Waals surface area contributed by atoms with Gasteiger partial charge in [-0.05, 0) is 19.3 Å². The van der Waals surface area contributed by atoms with Gasteiger partial charge >= 0.3 is 0 Å². The Morgan fingerprint density at radius 3 is 2.95 bits per heavy atom. The molecule has 0 spiro atoms. The topological polar surface area (TPSA) is 97.9 Å². The fraction of sp³-hybridized carbons (Fsp3) is 0.417. The van der Waals surface area contributed by atoms with Gasteiger partial charge in [-0.1, -0.05) is 11.3 Å². The molecule has 106 valence electrons. The van der Waals surface area contributed by atoms with Crippen molar-refractivity contribution in [1.29, 1.82) is 0 Å². The van der Waals surface area contributed by atoms with Gasteiger partial charge in [0.25, 0.3) is 5.91 Å². The molecule has 8 heteroatoms. The first-order valence-corrected chi connectivity index (χ1v) is 7.26. The molecule has 1 aliphatic rings. The highest BCUT2D eigenvalue weighted by molar-refractivity contribution is 7.18. The first kappa shape index (κ1) is 12.9. The van der Waals surface area contributed by atoms with Crippen LogP contribution in [0.1, 0.15) is 28.9 Å². The van der Waals surface area contributed by atoms with Gasteiger partial charge in [0, 0.05) is 19.3 Å². The molecule has 0 atom stereocenters. The fourth-order valence-corrected chi connectivity index (χ4v) is 2.81. The Morgan fingerprint density at radius 2 is 2.35 bits per heavy atom. The molecule has 1 fully saturated rings. The number of nitrogens with two attached hydrogens (primary N) is 1. The zero-order chi connectivity index (χ0) is 14.1. The number of aryl methyl sites for hydroxylation is 1. The molecule has 0 bridgehead atoms. The number of carbonyl (C=O) groups is 1. The number of anilines is 3. The third-order valence-electron chi connectivity index (χ3n) is 3.26. The lowest BCUT2D eigenvalue weighted by atomic mass is 9.93. The van der Waals surface area contributed by atoms with Crippen LogP contribution in [0.5, 0.6) is 0 Å². The van der Waals surface area contributed by atoms with Crippen LogP contribution in [-0.2, 0) is 7.05 Å². The standard InChI is InChI=1S/C12H16N6OS/c1-18-6-8(5-14-18)15-11(19)9-10(13)17-12(20-9)16-7-3-2-4-7/h5-7H,2-4,13H2,1H3,(H,15,19)(H,16,17). The second-order valence-electron chi connectivity index (χ2n) is 4.86. The molecule has 7 nitrogen and oxygen atoms in total. The molecule has 1 aliphatic carbocycles. The van der Waals surface area contributed by atoms with Crippen LogP contribution in [-0.4, -0.2) is 26.7 Å². The average molecular weight is 292 g/mol. The van der Waals surface area contributed by atoms with Crippen LogP contribution in [0, 0.1) is 0 Å². The SMILES string of the molecule is Cn1cc(NC(=O)c2sc(NC3CCC3)nc2N)cn1. The largest absolute Gasteiger partial charge is 0.382 e. The number of carbonyl (C=O) groups excluding carboxylic acids is 1. The number of aromatic nitrogens is 3. The van der Waals surface area contributed by atoms with E-state index in [-0.39, 0.29) is 11.7 Å². The molecule has 20 heavy (non-hydrogen) atoms. The van der Waals surface area contributed by atoms with Crippen molar-refractivity contribution >= 4 is 33.9 Å². The average Bonchev–Trinajstić information content (AvgIpc) is 2.90. The van der Waals surface area contributed by atoms with E-state index in [0.717, 1.165) is 12.8 Å². The van der Waals surface area contributed by atoms with E-state index in [0.29, 0.717) is 21.7 Å². The monoisotopic (exact) mass is 292 g/mol. The highest BCUT2D eigenvalue weighted by atomic mass is 32.1. The summed E-state index contributed by atoms with van der Waals surface area (Å²) in [6.45, 7) is 0. The van der Waals surface area contributed by atoms with E-state index in [2.05, 4.69) is 20.7 Å². The van der Waals surface area contributed by atoms with E-state index in [1.807, 2.05) is 0 Å². The fourth-order valence-electron chi connectivity index (χ4n) is 1.96. The summed E-state index contributed by atoms with van der Waals surface area (Å²) < 4.78 is 1.62. The number of nitrogens with one attached hydrogen (secondary N) is 2. The van der Waals surface area contributed by atoms with E-state index >= 15 is 0 Å². The summed E-state index contributed by atoms with van der Waals surface area (Å²) in [7, 11) is 1.79. The van der Waals surface area contributed by atoms with E-state index in [1.54, 1.807) is 24.1 Å². The molecule has 3 rings (SSSR count). The highest BCUT2D eigenvalue weighted by Crippen LogP contribution is 2.29. The number of hydrogen-bond acceptors (Lipinski definition) is 6. The number of thiazole rings is 1. The minimum Gasteiger partial charge on any atom is -0.382 e. The first-order chi connectivity index (χ1) is 9.61. The molecule has 0 radical (unpaired) electrons. The summed E-state index contributed by atoms with van der Waals surface area (Å²) in [5, 5.41) is 10.8. The van der Waals surface area contributed by atoms with Crippen LogP contribution in [0.25, 0.3) is 0 Å². The van der Waals surface area contributed by atoms with E-state index in [1.165, 1.54) is 17.8 Å². The summed E-state index contributed by atoms with van der Waals surface area (Å²) in [5.74, 6) is 0.00729. The lowest BCUT2D eigenvalue weighted by molar-refractivity contribution is 0.103. The first-order valence-electron chi connectivity index (χ1n) is 6.44. The molecular formula is C12H16N6OS. The molecule has 0 unspecified atom stereocenters. The summed E-state index contributed by atoms with van der Waals surface area (Å²) in [6, 6.07) is 0.467. The Morgan fingerprint density at radius 1 is 1.55 bits per heavy atom. The summed E-state index contributed by atoms with van der Waals surface area (Å²) in [5.41, 5.74) is 6.45. The van der Waals surface area contributed by atoms with Crippen molar-refractivity contribution in [1.82, 2.24) is 14.8 Å². The Hall–Kier alpha value is -2.09. The van der Waals surface area contributed by atoms with Gasteiger partial charge < -0.3 is 16.4 Å². The highest BCUT2D eigenvalue weighted by Gasteiger charge is 2.21. The van der Waals surface area contributed by atoms with Crippen LogP contribution < -0.4 is 16.4 Å². The van der Waals surface area contributed by atoms with Crippen molar-refractivity contribution in [3.63, 3.8) is 0 Å². The Bertz CT molecular complexity index is 630. The van der Waals surface area contributed by atoms with Crippen molar-refractivity contribution < 1.29 is 4.79 Å². The normalized spacial score (nSPS) is 14.8. The maximum atomic E-state index is 12.1. The quantitative estimate of drug-likeness (QED) is 0.796. The maximum Gasteiger partial charge on any atom is 0.269 e. The minimum absolute atomic E-state index is 0.255. The predicted molar refractivity (Wildman–Crippen MR) is 78.9 cm³/mol. The molecule has 0 aromatic carbocycles. The molecule has 0 aliphatic heterocycles. The molecule has 1 amide bonds. The van der Waals surface area contributed by atoms with Gasteiger partial charge in [-0.2, -0.15) is 5.10 Å².